The van der Waals surface area contributed by atoms with E-state index in [9.17, 15) is 13.2 Å². The Balaban J connectivity index is 1.47. The van der Waals surface area contributed by atoms with Gasteiger partial charge in [-0.3, -0.25) is 15.2 Å². The van der Waals surface area contributed by atoms with Crippen LogP contribution < -0.4 is 14.8 Å². The number of amides is 1. The molecule has 0 radical (unpaired) electrons. The van der Waals surface area contributed by atoms with E-state index in [1.165, 1.54) is 24.3 Å². The number of H-pyrrole nitrogens is 1. The maximum atomic E-state index is 12.7. The number of ether oxygens (including phenoxy) is 1. The summed E-state index contributed by atoms with van der Waals surface area (Å²) in [4.78, 5) is 17.0. The summed E-state index contributed by atoms with van der Waals surface area (Å²) in [5, 5.41) is 9.35. The van der Waals surface area contributed by atoms with E-state index in [-0.39, 0.29) is 23.0 Å². The second kappa shape index (κ2) is 9.63. The molecule has 33 heavy (non-hydrogen) atoms. The molecule has 0 aliphatic carbocycles. The third-order valence-electron chi connectivity index (χ3n) is 4.79. The van der Waals surface area contributed by atoms with E-state index in [0.29, 0.717) is 17.1 Å². The van der Waals surface area contributed by atoms with E-state index in [1.54, 1.807) is 13.2 Å². The molecule has 0 spiro atoms. The topological polar surface area (TPSA) is 126 Å². The molecule has 0 aliphatic rings. The molecular formula is C23H21N5O4S. The fourth-order valence-corrected chi connectivity index (χ4v) is 4.18. The van der Waals surface area contributed by atoms with Gasteiger partial charge in [0.15, 0.2) is 5.82 Å². The SMILES string of the molecule is COc1ccccc1-c1nc(NC(=O)c2cccc(S(=O)(=O)NCc3ccccc3)c2)n[nH]1. The quantitative estimate of drug-likeness (QED) is 0.368. The summed E-state index contributed by atoms with van der Waals surface area (Å²) in [6, 6.07) is 22.2. The van der Waals surface area contributed by atoms with Crippen molar-refractivity contribution in [2.75, 3.05) is 12.4 Å². The van der Waals surface area contributed by atoms with Crippen molar-refractivity contribution < 1.29 is 17.9 Å². The fourth-order valence-electron chi connectivity index (χ4n) is 3.11. The minimum absolute atomic E-state index is 0.0178. The Hall–Kier alpha value is -4.02. The van der Waals surface area contributed by atoms with Crippen LogP contribution in [0.25, 0.3) is 11.4 Å². The molecule has 0 saturated heterocycles. The van der Waals surface area contributed by atoms with Crippen molar-refractivity contribution in [2.24, 2.45) is 0 Å². The second-order valence-electron chi connectivity index (χ2n) is 7.00. The molecule has 0 unspecified atom stereocenters. The van der Waals surface area contributed by atoms with E-state index in [4.69, 9.17) is 4.74 Å². The van der Waals surface area contributed by atoms with E-state index >= 15 is 0 Å². The number of carbonyl (C=O) groups is 1. The van der Waals surface area contributed by atoms with Gasteiger partial charge in [-0.2, -0.15) is 4.98 Å². The van der Waals surface area contributed by atoms with Crippen LogP contribution in [-0.4, -0.2) is 36.6 Å². The summed E-state index contributed by atoms with van der Waals surface area (Å²) in [5.41, 5.74) is 1.66. The smallest absolute Gasteiger partial charge is 0.258 e. The molecule has 9 nitrogen and oxygen atoms in total. The fraction of sp³-hybridized carbons (Fsp3) is 0.0870. The number of benzene rings is 3. The highest BCUT2D eigenvalue weighted by atomic mass is 32.2. The van der Waals surface area contributed by atoms with Crippen molar-refractivity contribution in [1.29, 1.82) is 0 Å². The van der Waals surface area contributed by atoms with Gasteiger partial charge in [-0.05, 0) is 35.9 Å². The lowest BCUT2D eigenvalue weighted by atomic mass is 10.2. The Labute approximate surface area is 190 Å². The van der Waals surface area contributed by atoms with Crippen molar-refractivity contribution in [3.8, 4) is 17.1 Å². The van der Waals surface area contributed by atoms with Gasteiger partial charge < -0.3 is 4.74 Å². The average molecular weight is 464 g/mol. The predicted octanol–water partition coefficient (Wildman–Crippen LogP) is 3.21. The highest BCUT2D eigenvalue weighted by Crippen LogP contribution is 2.27. The average Bonchev–Trinajstić information content (AvgIpc) is 3.31. The van der Waals surface area contributed by atoms with Crippen LogP contribution in [0, 0.1) is 0 Å². The van der Waals surface area contributed by atoms with Gasteiger partial charge in [0, 0.05) is 12.1 Å². The van der Waals surface area contributed by atoms with Gasteiger partial charge in [0.2, 0.25) is 16.0 Å². The number of aromatic amines is 1. The molecule has 1 aromatic heterocycles. The van der Waals surface area contributed by atoms with E-state index in [2.05, 4.69) is 25.2 Å². The number of methoxy groups -OCH3 is 1. The van der Waals surface area contributed by atoms with Gasteiger partial charge in [-0.25, -0.2) is 13.1 Å². The first-order valence-electron chi connectivity index (χ1n) is 9.97. The van der Waals surface area contributed by atoms with Crippen LogP contribution in [0.15, 0.2) is 83.8 Å². The maximum Gasteiger partial charge on any atom is 0.258 e. The zero-order chi connectivity index (χ0) is 23.3. The first-order chi connectivity index (χ1) is 16.0. The van der Waals surface area contributed by atoms with Crippen molar-refractivity contribution in [3.05, 3.63) is 90.0 Å². The standard InChI is InChI=1S/C23H21N5O4S/c1-32-20-13-6-5-12-19(20)21-25-23(28-27-21)26-22(29)17-10-7-11-18(14-17)33(30,31)24-15-16-8-3-2-4-9-16/h2-14,24H,15H2,1H3,(H2,25,26,27,28,29). The molecular weight excluding hydrogens is 442 g/mol. The summed E-state index contributed by atoms with van der Waals surface area (Å²) >= 11 is 0. The Kier molecular flexibility index (Phi) is 6.48. The van der Waals surface area contributed by atoms with Crippen LogP contribution in [0.2, 0.25) is 0 Å². The van der Waals surface area contributed by atoms with Crippen LogP contribution in [0.1, 0.15) is 15.9 Å². The normalized spacial score (nSPS) is 11.2. The van der Waals surface area contributed by atoms with Gasteiger partial charge in [0.05, 0.1) is 17.6 Å². The number of nitrogens with one attached hydrogen (secondary N) is 3. The van der Waals surface area contributed by atoms with Gasteiger partial charge in [0.1, 0.15) is 5.75 Å². The molecule has 0 saturated carbocycles. The van der Waals surface area contributed by atoms with Crippen LogP contribution in [0.4, 0.5) is 5.95 Å². The van der Waals surface area contributed by atoms with Crippen molar-refractivity contribution in [2.45, 2.75) is 11.4 Å². The van der Waals surface area contributed by atoms with Gasteiger partial charge in [-0.15, -0.1) is 5.10 Å². The number of nitrogens with zero attached hydrogens (tertiary/aromatic N) is 2. The highest BCUT2D eigenvalue weighted by molar-refractivity contribution is 7.89. The molecule has 1 amide bonds. The lowest BCUT2D eigenvalue weighted by Crippen LogP contribution is -2.23. The molecule has 0 aliphatic heterocycles. The van der Waals surface area contributed by atoms with Crippen molar-refractivity contribution >= 4 is 21.9 Å². The van der Waals surface area contributed by atoms with E-state index in [1.807, 2.05) is 48.5 Å². The van der Waals surface area contributed by atoms with Gasteiger partial charge in [-0.1, -0.05) is 48.5 Å². The van der Waals surface area contributed by atoms with Crippen LogP contribution in [0.5, 0.6) is 5.75 Å². The second-order valence-corrected chi connectivity index (χ2v) is 8.77. The molecule has 3 N–H and O–H groups in total. The number of hydrogen-bond donors (Lipinski definition) is 3. The molecule has 3 aromatic carbocycles. The molecule has 10 heteroatoms. The first-order valence-corrected chi connectivity index (χ1v) is 11.5. The molecule has 4 aromatic rings. The van der Waals surface area contributed by atoms with Crippen molar-refractivity contribution in [1.82, 2.24) is 19.9 Å². The third kappa shape index (κ3) is 5.25. The number of sulfonamides is 1. The number of aromatic nitrogens is 3. The monoisotopic (exact) mass is 463 g/mol. The number of para-hydroxylation sites is 1. The highest BCUT2D eigenvalue weighted by Gasteiger charge is 2.18. The molecule has 1 heterocycles. The number of rotatable bonds is 8. The lowest BCUT2D eigenvalue weighted by molar-refractivity contribution is 0.102. The molecule has 0 bridgehead atoms. The van der Waals surface area contributed by atoms with Gasteiger partial charge >= 0.3 is 0 Å². The van der Waals surface area contributed by atoms with Gasteiger partial charge in [0.25, 0.3) is 5.91 Å². The van der Waals surface area contributed by atoms with Crippen LogP contribution in [-0.2, 0) is 16.6 Å². The number of hydrogen-bond acceptors (Lipinski definition) is 6. The number of carbonyl (C=O) groups excluding carboxylic acids is 1. The summed E-state index contributed by atoms with van der Waals surface area (Å²) < 4.78 is 33.2. The summed E-state index contributed by atoms with van der Waals surface area (Å²) in [6.45, 7) is 0.141. The largest absolute Gasteiger partial charge is 0.496 e. The van der Waals surface area contributed by atoms with E-state index in [0.717, 1.165) is 5.56 Å². The lowest BCUT2D eigenvalue weighted by Gasteiger charge is -2.08. The summed E-state index contributed by atoms with van der Waals surface area (Å²) in [5.74, 6) is 0.536. The molecule has 168 valence electrons. The number of anilines is 1. The Bertz CT molecular complexity index is 1370. The van der Waals surface area contributed by atoms with Crippen LogP contribution >= 0.6 is 0 Å². The maximum absolute atomic E-state index is 12.7. The Morgan fingerprint density at radius 1 is 1.00 bits per heavy atom. The third-order valence-corrected chi connectivity index (χ3v) is 6.19. The molecule has 0 atom stereocenters. The van der Waals surface area contributed by atoms with Crippen molar-refractivity contribution in [3.63, 3.8) is 0 Å². The van der Waals surface area contributed by atoms with E-state index < -0.39 is 15.9 Å². The first kappa shape index (κ1) is 22.2. The molecule has 0 fully saturated rings. The Morgan fingerprint density at radius 2 is 1.76 bits per heavy atom. The minimum atomic E-state index is -3.81. The van der Waals surface area contributed by atoms with Crippen LogP contribution in [0.3, 0.4) is 0 Å². The molecule has 4 rings (SSSR count). The minimum Gasteiger partial charge on any atom is -0.496 e. The summed E-state index contributed by atoms with van der Waals surface area (Å²) in [7, 11) is -2.26. The predicted molar refractivity (Wildman–Crippen MR) is 123 cm³/mol. The zero-order valence-corrected chi connectivity index (χ0v) is 18.5. The summed E-state index contributed by atoms with van der Waals surface area (Å²) in [6.07, 6.45) is 0. The zero-order valence-electron chi connectivity index (χ0n) is 17.6. The Morgan fingerprint density at radius 3 is 2.55 bits per heavy atom.